The quantitative estimate of drug-likeness (QED) is 0.512. The van der Waals surface area contributed by atoms with Gasteiger partial charge in [-0.25, -0.2) is 0 Å². The maximum Gasteiger partial charge on any atom is 2.00 e. The van der Waals surface area contributed by atoms with E-state index in [1.165, 1.54) is 0 Å². The van der Waals surface area contributed by atoms with Crippen molar-refractivity contribution in [3.63, 3.8) is 0 Å². The third kappa shape index (κ3) is 3.38. The van der Waals surface area contributed by atoms with Gasteiger partial charge in [-0.15, -0.1) is 5.75 Å². The summed E-state index contributed by atoms with van der Waals surface area (Å²) in [6, 6.07) is 6.98. The van der Waals surface area contributed by atoms with Crippen molar-refractivity contribution in [3.05, 3.63) is 29.8 Å². The van der Waals surface area contributed by atoms with Crippen LogP contribution in [0.5, 0.6) is 5.75 Å². The molecule has 0 saturated heterocycles. The Balaban J connectivity index is 0. The van der Waals surface area contributed by atoms with Crippen LogP contribution in [0.2, 0.25) is 0 Å². The molecular formula is C7H7ClOZr. The molecule has 1 aromatic rings. The zero-order valence-corrected chi connectivity index (χ0v) is 8.81. The number of aryl methyl sites for hydroxylation is 1. The SMILES string of the molecule is Cc1ccccc1[O-].[Cl-].[Zr+2]. The van der Waals surface area contributed by atoms with Crippen molar-refractivity contribution >= 4 is 0 Å². The second kappa shape index (κ2) is 5.94. The predicted octanol–water partition coefficient (Wildman–Crippen LogP) is -1.93. The van der Waals surface area contributed by atoms with Gasteiger partial charge in [-0.2, -0.15) is 0 Å². The molecule has 1 aromatic carbocycles. The number of hydrogen-bond acceptors (Lipinski definition) is 1. The Morgan fingerprint density at radius 3 is 2.00 bits per heavy atom. The predicted molar refractivity (Wildman–Crippen MR) is 30.6 cm³/mol. The third-order valence-electron chi connectivity index (χ3n) is 1.09. The fraction of sp³-hybridized carbons (Fsp3) is 0.143. The van der Waals surface area contributed by atoms with Crippen LogP contribution >= 0.6 is 0 Å². The molecule has 52 valence electrons. The zero-order valence-electron chi connectivity index (χ0n) is 5.60. The molecule has 0 aliphatic carbocycles. The number of rotatable bonds is 0. The van der Waals surface area contributed by atoms with E-state index in [0.29, 0.717) is 0 Å². The molecule has 0 unspecified atom stereocenters. The van der Waals surface area contributed by atoms with E-state index in [-0.39, 0.29) is 44.4 Å². The molecule has 0 aromatic heterocycles. The maximum atomic E-state index is 10.6. The molecule has 1 nitrogen and oxygen atoms in total. The Bertz CT molecular complexity index is 170. The van der Waals surface area contributed by atoms with Gasteiger partial charge in [0.05, 0.1) is 0 Å². The van der Waals surface area contributed by atoms with Gasteiger partial charge in [0, 0.05) is 0 Å². The van der Waals surface area contributed by atoms with Gasteiger partial charge in [0.25, 0.3) is 0 Å². The van der Waals surface area contributed by atoms with Crippen molar-refractivity contribution in [2.75, 3.05) is 0 Å². The molecule has 0 N–H and O–H groups in total. The van der Waals surface area contributed by atoms with Crippen molar-refractivity contribution in [1.82, 2.24) is 0 Å². The van der Waals surface area contributed by atoms with Crippen LogP contribution < -0.4 is 17.5 Å². The molecule has 10 heavy (non-hydrogen) atoms. The van der Waals surface area contributed by atoms with Gasteiger partial charge >= 0.3 is 26.2 Å². The van der Waals surface area contributed by atoms with Crippen LogP contribution in [0.4, 0.5) is 0 Å². The first-order valence-corrected chi connectivity index (χ1v) is 2.53. The number of halogens is 1. The molecule has 1 rings (SSSR count). The van der Waals surface area contributed by atoms with Crippen molar-refractivity contribution in [3.8, 4) is 5.75 Å². The molecule has 0 radical (unpaired) electrons. The number of hydrogen-bond donors (Lipinski definition) is 0. The minimum absolute atomic E-state index is 0. The average molecular weight is 234 g/mol. The molecule has 0 aliphatic rings. The van der Waals surface area contributed by atoms with E-state index in [4.69, 9.17) is 0 Å². The normalized spacial score (nSPS) is 7.30. The minimum Gasteiger partial charge on any atom is -1.00 e. The second-order valence-electron chi connectivity index (χ2n) is 1.77. The van der Waals surface area contributed by atoms with Crippen LogP contribution in [0.15, 0.2) is 24.3 Å². The summed E-state index contributed by atoms with van der Waals surface area (Å²) in [5.41, 5.74) is 0.813. The van der Waals surface area contributed by atoms with Crippen LogP contribution in [0, 0.1) is 6.92 Å². The summed E-state index contributed by atoms with van der Waals surface area (Å²) in [5.74, 6) is 0.118. The Kier molecular flexibility index (Phi) is 7.62. The largest absolute Gasteiger partial charge is 2.00 e. The Morgan fingerprint density at radius 1 is 1.20 bits per heavy atom. The molecule has 0 bridgehead atoms. The summed E-state index contributed by atoms with van der Waals surface area (Å²) in [6.45, 7) is 1.81. The molecule has 3 heteroatoms. The van der Waals surface area contributed by atoms with Gasteiger partial charge in [0.15, 0.2) is 0 Å². The second-order valence-corrected chi connectivity index (χ2v) is 1.77. The van der Waals surface area contributed by atoms with E-state index in [0.717, 1.165) is 5.56 Å². The van der Waals surface area contributed by atoms with Crippen LogP contribution in [0.1, 0.15) is 5.56 Å². The summed E-state index contributed by atoms with van der Waals surface area (Å²) in [7, 11) is 0. The number of benzene rings is 1. The maximum absolute atomic E-state index is 10.6. The van der Waals surface area contributed by atoms with Gasteiger partial charge in [0.1, 0.15) is 0 Å². The third-order valence-corrected chi connectivity index (χ3v) is 1.09. The molecule has 0 heterocycles. The van der Waals surface area contributed by atoms with Crippen molar-refractivity contribution in [2.24, 2.45) is 0 Å². The molecule has 0 spiro atoms. The van der Waals surface area contributed by atoms with Crippen molar-refractivity contribution in [1.29, 1.82) is 0 Å². The summed E-state index contributed by atoms with van der Waals surface area (Å²) in [4.78, 5) is 0. The fourth-order valence-corrected chi connectivity index (χ4v) is 0.556. The van der Waals surface area contributed by atoms with Crippen LogP contribution in [0.3, 0.4) is 0 Å². The van der Waals surface area contributed by atoms with Gasteiger partial charge in [-0.05, 0) is 6.92 Å². The summed E-state index contributed by atoms with van der Waals surface area (Å²) in [5, 5.41) is 10.6. The monoisotopic (exact) mass is 232 g/mol. The Hall–Kier alpha value is 0.193. The van der Waals surface area contributed by atoms with E-state index in [1.807, 2.05) is 19.1 Å². The molecular weight excluding hydrogens is 227 g/mol. The topological polar surface area (TPSA) is 23.1 Å². The van der Waals surface area contributed by atoms with Gasteiger partial charge < -0.3 is 17.5 Å². The molecule has 0 aliphatic heterocycles. The smallest absolute Gasteiger partial charge is 1.00 e. The van der Waals surface area contributed by atoms with E-state index >= 15 is 0 Å². The van der Waals surface area contributed by atoms with E-state index < -0.39 is 0 Å². The molecule has 0 saturated carbocycles. The fourth-order valence-electron chi connectivity index (χ4n) is 0.556. The van der Waals surface area contributed by atoms with E-state index in [9.17, 15) is 5.11 Å². The van der Waals surface area contributed by atoms with Crippen molar-refractivity contribution in [2.45, 2.75) is 6.92 Å². The summed E-state index contributed by atoms with van der Waals surface area (Å²) in [6.07, 6.45) is 0. The average Bonchev–Trinajstić information content (AvgIpc) is 1.77. The standard InChI is InChI=1S/C7H8O.ClH.Zr/c1-6-4-2-3-5-7(6)8;;/h2-5,8H,1H3;1H;/q;;+2/p-2. The summed E-state index contributed by atoms with van der Waals surface area (Å²) >= 11 is 0. The van der Waals surface area contributed by atoms with E-state index in [2.05, 4.69) is 0 Å². The molecule has 0 fully saturated rings. The van der Waals surface area contributed by atoms with E-state index in [1.54, 1.807) is 12.1 Å². The Morgan fingerprint density at radius 2 is 1.70 bits per heavy atom. The first kappa shape index (κ1) is 12.8. The molecule has 0 amide bonds. The van der Waals surface area contributed by atoms with Crippen LogP contribution in [0.25, 0.3) is 0 Å². The molecule has 0 atom stereocenters. The van der Waals surface area contributed by atoms with Crippen molar-refractivity contribution < 1.29 is 43.7 Å². The van der Waals surface area contributed by atoms with Gasteiger partial charge in [-0.1, -0.05) is 29.8 Å². The number of para-hydroxylation sites is 1. The first-order chi connectivity index (χ1) is 3.80. The van der Waals surface area contributed by atoms with Crippen LogP contribution in [-0.4, -0.2) is 0 Å². The van der Waals surface area contributed by atoms with Crippen LogP contribution in [-0.2, 0) is 26.2 Å². The van der Waals surface area contributed by atoms with Gasteiger partial charge in [0.2, 0.25) is 0 Å². The summed E-state index contributed by atoms with van der Waals surface area (Å²) < 4.78 is 0. The zero-order chi connectivity index (χ0) is 5.98. The first-order valence-electron chi connectivity index (χ1n) is 2.53. The Labute approximate surface area is 86.0 Å². The van der Waals surface area contributed by atoms with Gasteiger partial charge in [-0.3, -0.25) is 0 Å². The minimum atomic E-state index is 0.